The van der Waals surface area contributed by atoms with Crippen molar-refractivity contribution in [3.05, 3.63) is 53.1 Å². The molecule has 1 saturated carbocycles. The maximum Gasteiger partial charge on any atom is 0.408 e. The number of allylic oxidation sites excluding steroid dienone is 2. The highest BCUT2D eigenvalue weighted by molar-refractivity contribution is 5.74. The average molecular weight is 528 g/mol. The molecule has 5 rings (SSSR count). The number of nitriles is 1. The maximum atomic E-state index is 12.8. The van der Waals surface area contributed by atoms with Gasteiger partial charge in [-0.3, -0.25) is 14.6 Å². The van der Waals surface area contributed by atoms with Gasteiger partial charge in [0, 0.05) is 61.5 Å². The summed E-state index contributed by atoms with van der Waals surface area (Å²) in [5, 5.41) is 16.9. The number of aromatic amines is 1. The van der Waals surface area contributed by atoms with Crippen molar-refractivity contribution in [2.75, 3.05) is 32.7 Å². The standard InChI is InChI=1S/C25H28F3N9O/c1-17(25(26,27)28)34-23(38)36-9-7-35(8-10-36)19-11-24(12-19,4-2-5-29)37-15-18(13-33-37)21-14-30-16-32-22-20(21)3-6-31-22/h2-4,6,13,15-17,19H,7-12,14H2,1H3,(H,34,38)(H,30,31,32). The minimum Gasteiger partial charge on any atom is -0.346 e. The molecule has 2 aliphatic heterocycles. The Hall–Kier alpha value is -3.92. The number of rotatable bonds is 5. The van der Waals surface area contributed by atoms with Crippen molar-refractivity contribution >= 4 is 17.9 Å². The van der Waals surface area contributed by atoms with E-state index in [2.05, 4.69) is 31.0 Å². The maximum absolute atomic E-state index is 12.8. The first-order valence-electron chi connectivity index (χ1n) is 12.4. The molecule has 0 radical (unpaired) electrons. The lowest BCUT2D eigenvalue weighted by Crippen LogP contribution is -2.61. The van der Waals surface area contributed by atoms with Crippen LogP contribution >= 0.6 is 0 Å². The predicted octanol–water partition coefficient (Wildman–Crippen LogP) is 1.29. The van der Waals surface area contributed by atoms with Gasteiger partial charge in [0.15, 0.2) is 0 Å². The molecule has 13 heteroatoms. The zero-order chi connectivity index (χ0) is 26.9. The van der Waals surface area contributed by atoms with Crippen LogP contribution in [0.5, 0.6) is 0 Å². The molecule has 1 atom stereocenters. The van der Waals surface area contributed by atoms with E-state index in [1.807, 2.05) is 40.7 Å². The van der Waals surface area contributed by atoms with E-state index >= 15 is 0 Å². The quantitative estimate of drug-likeness (QED) is 0.570. The van der Waals surface area contributed by atoms with E-state index in [-0.39, 0.29) is 6.04 Å². The van der Waals surface area contributed by atoms with Gasteiger partial charge in [0.05, 0.1) is 24.3 Å². The molecule has 2 aromatic rings. The first-order chi connectivity index (χ1) is 18.2. The fourth-order valence-corrected chi connectivity index (χ4v) is 5.25. The van der Waals surface area contributed by atoms with Gasteiger partial charge in [0.2, 0.25) is 0 Å². The van der Waals surface area contributed by atoms with Gasteiger partial charge in [-0.2, -0.15) is 23.5 Å². The summed E-state index contributed by atoms with van der Waals surface area (Å²) in [6.45, 7) is 3.24. The second-order valence-electron chi connectivity index (χ2n) is 9.84. The summed E-state index contributed by atoms with van der Waals surface area (Å²) in [5.41, 5.74) is 2.22. The van der Waals surface area contributed by atoms with E-state index in [9.17, 15) is 23.2 Å². The zero-order valence-electron chi connectivity index (χ0n) is 20.8. The van der Waals surface area contributed by atoms with E-state index in [4.69, 9.17) is 0 Å². The fourth-order valence-electron chi connectivity index (χ4n) is 5.25. The Morgan fingerprint density at radius 3 is 2.79 bits per heavy atom. The van der Waals surface area contributed by atoms with Crippen LogP contribution in [-0.2, 0) is 5.54 Å². The number of alkyl halides is 3. The number of amides is 2. The predicted molar refractivity (Wildman–Crippen MR) is 133 cm³/mol. The van der Waals surface area contributed by atoms with Crippen molar-refractivity contribution in [1.29, 1.82) is 5.26 Å². The van der Waals surface area contributed by atoms with Crippen LogP contribution in [-0.4, -0.2) is 87.9 Å². The number of aromatic nitrogens is 3. The van der Waals surface area contributed by atoms with Crippen molar-refractivity contribution in [3.8, 4) is 6.07 Å². The van der Waals surface area contributed by atoms with Gasteiger partial charge in [-0.25, -0.2) is 9.79 Å². The number of nitrogens with one attached hydrogen (secondary N) is 2. The normalized spacial score (nSPS) is 24.8. The summed E-state index contributed by atoms with van der Waals surface area (Å²) in [6.07, 6.45) is 7.51. The molecule has 2 aromatic heterocycles. The van der Waals surface area contributed by atoms with Crippen molar-refractivity contribution in [2.24, 2.45) is 9.98 Å². The van der Waals surface area contributed by atoms with Gasteiger partial charge in [0.25, 0.3) is 0 Å². The Balaban J connectivity index is 1.26. The molecule has 1 unspecified atom stereocenters. The van der Waals surface area contributed by atoms with E-state index in [0.717, 1.165) is 41.6 Å². The molecule has 1 saturated heterocycles. The summed E-state index contributed by atoms with van der Waals surface area (Å²) in [5.74, 6) is 0. The molecule has 4 heterocycles. The Bertz CT molecular complexity index is 1400. The number of carbonyl (C=O) groups excluding carboxylic acids is 1. The fraction of sp³-hybridized carbons (Fsp3) is 0.480. The summed E-state index contributed by atoms with van der Waals surface area (Å²) >= 11 is 0. The molecular weight excluding hydrogens is 499 g/mol. The third-order valence-corrected chi connectivity index (χ3v) is 7.55. The lowest BCUT2D eigenvalue weighted by Gasteiger charge is -2.52. The van der Waals surface area contributed by atoms with Crippen LogP contribution in [0.4, 0.5) is 18.0 Å². The molecule has 2 N–H and O–H groups in total. The number of halogens is 3. The van der Waals surface area contributed by atoms with Gasteiger partial charge >= 0.3 is 12.2 Å². The van der Waals surface area contributed by atoms with E-state index in [0.29, 0.717) is 32.7 Å². The third-order valence-electron chi connectivity index (χ3n) is 7.55. The minimum atomic E-state index is -4.47. The topological polar surface area (TPSA) is 118 Å². The van der Waals surface area contributed by atoms with Crippen LogP contribution in [0.25, 0.3) is 5.57 Å². The number of hydrogen-bond donors (Lipinski definition) is 2. The number of carbonyl (C=O) groups is 1. The molecule has 2 fully saturated rings. The molecule has 200 valence electrons. The van der Waals surface area contributed by atoms with Crippen molar-refractivity contribution in [3.63, 3.8) is 0 Å². The lowest BCUT2D eigenvalue weighted by atomic mass is 9.71. The van der Waals surface area contributed by atoms with E-state index < -0.39 is 23.8 Å². The van der Waals surface area contributed by atoms with Gasteiger partial charge in [-0.15, -0.1) is 0 Å². The molecule has 10 nitrogen and oxygen atoms in total. The van der Waals surface area contributed by atoms with Crippen LogP contribution < -0.4 is 16.0 Å². The number of piperazine rings is 1. The number of fused-ring (bicyclic) bond motifs is 1. The molecule has 0 aromatic carbocycles. The summed E-state index contributed by atoms with van der Waals surface area (Å²) < 4.78 is 40.3. The summed E-state index contributed by atoms with van der Waals surface area (Å²) in [6, 6.07) is 1.66. The largest absolute Gasteiger partial charge is 0.408 e. The van der Waals surface area contributed by atoms with Crippen LogP contribution in [0.3, 0.4) is 0 Å². The number of aliphatic imine (C=N–C) groups is 1. The van der Waals surface area contributed by atoms with E-state index in [1.165, 1.54) is 11.0 Å². The lowest BCUT2D eigenvalue weighted by molar-refractivity contribution is -0.149. The van der Waals surface area contributed by atoms with Crippen molar-refractivity contribution in [1.82, 2.24) is 29.9 Å². The molecule has 3 aliphatic rings. The molecule has 0 bridgehead atoms. The Kier molecular flexibility index (Phi) is 6.83. The zero-order valence-corrected chi connectivity index (χ0v) is 20.8. The van der Waals surface area contributed by atoms with Crippen LogP contribution in [0, 0.1) is 11.3 Å². The molecule has 0 spiro atoms. The van der Waals surface area contributed by atoms with Crippen LogP contribution in [0.1, 0.15) is 25.3 Å². The Labute approximate surface area is 216 Å². The molecule has 1 aliphatic carbocycles. The first kappa shape index (κ1) is 25.7. The Morgan fingerprint density at radius 1 is 1.32 bits per heavy atom. The third kappa shape index (κ3) is 4.96. The first-order valence-corrected chi connectivity index (χ1v) is 12.4. The Morgan fingerprint density at radius 2 is 2.08 bits per heavy atom. The summed E-state index contributed by atoms with van der Waals surface area (Å²) in [7, 11) is 0. The van der Waals surface area contributed by atoms with E-state index in [1.54, 1.807) is 6.34 Å². The van der Waals surface area contributed by atoms with Crippen LogP contribution in [0.15, 0.2) is 46.8 Å². The SMILES string of the molecule is CC(NC(=O)N1CCN(C2CC(C=CC#N)(n3cc(C4=c5cc[nH]c5=NC=NC4)cn3)C2)CC1)C(F)(F)F. The van der Waals surface area contributed by atoms with Crippen molar-refractivity contribution < 1.29 is 18.0 Å². The van der Waals surface area contributed by atoms with Gasteiger partial charge in [-0.1, -0.05) is 0 Å². The second-order valence-corrected chi connectivity index (χ2v) is 9.84. The number of nitrogens with zero attached hydrogens (tertiary/aromatic N) is 7. The number of hydrogen-bond acceptors (Lipinski definition) is 6. The number of H-pyrrole nitrogens is 1. The highest BCUT2D eigenvalue weighted by atomic mass is 19.4. The molecule has 2 amide bonds. The smallest absolute Gasteiger partial charge is 0.346 e. The van der Waals surface area contributed by atoms with Crippen LogP contribution in [0.2, 0.25) is 0 Å². The van der Waals surface area contributed by atoms with Crippen molar-refractivity contribution in [2.45, 2.75) is 43.6 Å². The summed E-state index contributed by atoms with van der Waals surface area (Å²) in [4.78, 5) is 27.7. The van der Waals surface area contributed by atoms with Gasteiger partial charge < -0.3 is 15.2 Å². The molecule has 38 heavy (non-hydrogen) atoms. The molecular formula is C25H28F3N9O. The monoisotopic (exact) mass is 527 g/mol. The highest BCUT2D eigenvalue weighted by Crippen LogP contribution is 2.43. The minimum absolute atomic E-state index is 0.204. The van der Waals surface area contributed by atoms with Gasteiger partial charge in [0.1, 0.15) is 17.9 Å². The van der Waals surface area contributed by atoms with Gasteiger partial charge in [-0.05, 0) is 37.5 Å². The average Bonchev–Trinajstić information content (AvgIpc) is 3.50. The second kappa shape index (κ2) is 10.1. The number of urea groups is 1. The highest BCUT2D eigenvalue weighted by Gasteiger charge is 2.48.